The van der Waals surface area contributed by atoms with Crippen LogP contribution in [0.25, 0.3) is 0 Å². The second-order valence-corrected chi connectivity index (χ2v) is 6.63. The third-order valence-electron chi connectivity index (χ3n) is 3.44. The maximum Gasteiger partial charge on any atom is 0.341 e. The lowest BCUT2D eigenvalue weighted by Crippen LogP contribution is -2.30. The predicted octanol–water partition coefficient (Wildman–Crippen LogP) is 4.28. The lowest BCUT2D eigenvalue weighted by molar-refractivity contribution is -0.122. The van der Waals surface area contributed by atoms with Crippen molar-refractivity contribution in [3.8, 4) is 5.75 Å². The van der Waals surface area contributed by atoms with Gasteiger partial charge in [0, 0.05) is 4.88 Å². The summed E-state index contributed by atoms with van der Waals surface area (Å²) < 4.78 is 10.7. The van der Waals surface area contributed by atoms with Gasteiger partial charge in [-0.3, -0.25) is 4.79 Å². The monoisotopic (exact) mass is 361 g/mol. The molecular formula is C19H23NO4S. The second kappa shape index (κ2) is 9.22. The minimum Gasteiger partial charge on any atom is -0.481 e. The fraction of sp³-hybridized carbons (Fsp3) is 0.368. The van der Waals surface area contributed by atoms with Gasteiger partial charge >= 0.3 is 5.97 Å². The number of aryl methyl sites for hydroxylation is 1. The van der Waals surface area contributed by atoms with Crippen LogP contribution in [0.5, 0.6) is 5.75 Å². The van der Waals surface area contributed by atoms with E-state index in [1.165, 1.54) is 11.3 Å². The Morgan fingerprint density at radius 1 is 1.20 bits per heavy atom. The molecule has 1 aromatic carbocycles. The molecule has 2 aromatic rings. The number of para-hydroxylation sites is 1. The van der Waals surface area contributed by atoms with Crippen LogP contribution >= 0.6 is 11.3 Å². The molecule has 6 heteroatoms. The average Bonchev–Trinajstić information content (AvgIpc) is 2.99. The molecule has 0 saturated carbocycles. The van der Waals surface area contributed by atoms with Crippen molar-refractivity contribution in [2.75, 3.05) is 11.9 Å². The third-order valence-corrected chi connectivity index (χ3v) is 4.55. The fourth-order valence-corrected chi connectivity index (χ4v) is 3.38. The van der Waals surface area contributed by atoms with Crippen LogP contribution in [-0.4, -0.2) is 24.6 Å². The predicted molar refractivity (Wildman–Crippen MR) is 99.4 cm³/mol. The molecule has 0 spiro atoms. The van der Waals surface area contributed by atoms with Crippen molar-refractivity contribution in [1.82, 2.24) is 0 Å². The van der Waals surface area contributed by atoms with E-state index in [-0.39, 0.29) is 5.91 Å². The van der Waals surface area contributed by atoms with Gasteiger partial charge in [-0.2, -0.15) is 0 Å². The molecule has 25 heavy (non-hydrogen) atoms. The van der Waals surface area contributed by atoms with Crippen LogP contribution < -0.4 is 10.1 Å². The Hall–Kier alpha value is -2.34. The highest BCUT2D eigenvalue weighted by Gasteiger charge is 2.22. The van der Waals surface area contributed by atoms with Crippen molar-refractivity contribution in [2.24, 2.45) is 0 Å². The van der Waals surface area contributed by atoms with Crippen molar-refractivity contribution >= 4 is 28.2 Å². The highest BCUT2D eigenvalue weighted by molar-refractivity contribution is 7.16. The zero-order valence-electron chi connectivity index (χ0n) is 14.7. The summed E-state index contributed by atoms with van der Waals surface area (Å²) >= 11 is 1.40. The number of amides is 1. The summed E-state index contributed by atoms with van der Waals surface area (Å²) in [6.07, 6.45) is 1.13. The van der Waals surface area contributed by atoms with Gasteiger partial charge in [0.05, 0.1) is 12.2 Å². The molecule has 1 unspecified atom stereocenters. The van der Waals surface area contributed by atoms with Gasteiger partial charge in [0.25, 0.3) is 5.91 Å². The molecule has 1 atom stereocenters. The third kappa shape index (κ3) is 5.32. The van der Waals surface area contributed by atoms with Gasteiger partial charge in [0.15, 0.2) is 6.10 Å². The smallest absolute Gasteiger partial charge is 0.341 e. The number of hydrogen-bond acceptors (Lipinski definition) is 5. The lowest BCUT2D eigenvalue weighted by atomic mass is 10.2. The summed E-state index contributed by atoms with van der Waals surface area (Å²) in [4.78, 5) is 25.6. The van der Waals surface area contributed by atoms with E-state index in [1.807, 2.05) is 18.2 Å². The van der Waals surface area contributed by atoms with E-state index in [0.717, 1.165) is 17.7 Å². The first-order chi connectivity index (χ1) is 12.0. The van der Waals surface area contributed by atoms with Gasteiger partial charge < -0.3 is 14.8 Å². The molecule has 1 aromatic heterocycles. The Bertz CT molecular complexity index is 711. The van der Waals surface area contributed by atoms with E-state index in [4.69, 9.17) is 9.47 Å². The minimum absolute atomic E-state index is 0.290. The molecular weight excluding hydrogens is 338 g/mol. The van der Waals surface area contributed by atoms with E-state index in [9.17, 15) is 9.59 Å². The van der Waals surface area contributed by atoms with Crippen LogP contribution in [0.4, 0.5) is 5.00 Å². The summed E-state index contributed by atoms with van der Waals surface area (Å²) in [5, 5.41) is 3.31. The highest BCUT2D eigenvalue weighted by atomic mass is 32.1. The molecule has 0 aliphatic rings. The number of benzene rings is 1. The number of nitrogens with one attached hydrogen (secondary N) is 1. The molecule has 1 N–H and O–H groups in total. The highest BCUT2D eigenvalue weighted by Crippen LogP contribution is 2.30. The number of ether oxygens (including phenoxy) is 2. The normalized spacial score (nSPS) is 11.6. The van der Waals surface area contributed by atoms with Crippen LogP contribution in [0.15, 0.2) is 36.4 Å². The number of anilines is 1. The molecule has 0 fully saturated rings. The van der Waals surface area contributed by atoms with Gasteiger partial charge in [-0.15, -0.1) is 11.3 Å². The molecule has 1 heterocycles. The quantitative estimate of drug-likeness (QED) is 0.713. The van der Waals surface area contributed by atoms with Crippen LogP contribution in [0, 0.1) is 0 Å². The first-order valence-corrected chi connectivity index (χ1v) is 9.19. The van der Waals surface area contributed by atoms with Crippen LogP contribution in [-0.2, 0) is 16.0 Å². The topological polar surface area (TPSA) is 64.6 Å². The first-order valence-electron chi connectivity index (χ1n) is 8.37. The SMILES string of the molecule is CCCc1cc(C(=O)OCC)c(NC(=O)C(C)Oc2ccccc2)s1. The molecule has 2 rings (SSSR count). The lowest BCUT2D eigenvalue weighted by Gasteiger charge is -2.14. The summed E-state index contributed by atoms with van der Waals surface area (Å²) in [7, 11) is 0. The Morgan fingerprint density at radius 3 is 2.56 bits per heavy atom. The average molecular weight is 361 g/mol. The summed E-state index contributed by atoms with van der Waals surface area (Å²) in [6, 6.07) is 10.9. The molecule has 5 nitrogen and oxygen atoms in total. The fourth-order valence-electron chi connectivity index (χ4n) is 2.24. The number of thiophene rings is 1. The van der Waals surface area contributed by atoms with Gasteiger partial charge in [0.1, 0.15) is 10.8 Å². The molecule has 0 aliphatic heterocycles. The largest absolute Gasteiger partial charge is 0.481 e. The van der Waals surface area contributed by atoms with Gasteiger partial charge in [-0.1, -0.05) is 31.5 Å². The number of esters is 1. The Balaban J connectivity index is 2.11. The second-order valence-electron chi connectivity index (χ2n) is 5.49. The number of rotatable bonds is 8. The molecule has 0 bridgehead atoms. The summed E-state index contributed by atoms with van der Waals surface area (Å²) in [5.41, 5.74) is 0.399. The van der Waals surface area contributed by atoms with Crippen molar-refractivity contribution < 1.29 is 19.1 Å². The summed E-state index contributed by atoms with van der Waals surface area (Å²) in [6.45, 7) is 5.79. The Labute approximate surface area is 152 Å². The molecule has 0 saturated heterocycles. The Morgan fingerprint density at radius 2 is 1.92 bits per heavy atom. The van der Waals surface area contributed by atoms with Crippen molar-refractivity contribution in [3.05, 3.63) is 46.8 Å². The number of carbonyl (C=O) groups is 2. The zero-order chi connectivity index (χ0) is 18.2. The summed E-state index contributed by atoms with van der Waals surface area (Å²) in [5.74, 6) is -0.110. The first kappa shape index (κ1) is 19.0. The molecule has 0 radical (unpaired) electrons. The maximum absolute atomic E-state index is 12.4. The van der Waals surface area contributed by atoms with E-state index in [0.29, 0.717) is 22.9 Å². The van der Waals surface area contributed by atoms with Crippen LogP contribution in [0.1, 0.15) is 42.4 Å². The standard InChI is InChI=1S/C19H23NO4S/c1-4-9-15-12-16(19(22)23-5-2)18(25-15)20-17(21)13(3)24-14-10-7-6-8-11-14/h6-8,10-13H,4-5,9H2,1-3H3,(H,20,21). The van der Waals surface area contributed by atoms with Crippen molar-refractivity contribution in [3.63, 3.8) is 0 Å². The molecule has 134 valence electrons. The Kier molecular flexibility index (Phi) is 7.01. The van der Waals surface area contributed by atoms with Gasteiger partial charge in [-0.25, -0.2) is 4.79 Å². The maximum atomic E-state index is 12.4. The van der Waals surface area contributed by atoms with Crippen LogP contribution in [0.2, 0.25) is 0 Å². The molecule has 0 aliphatic carbocycles. The number of carbonyl (C=O) groups excluding carboxylic acids is 2. The van der Waals surface area contributed by atoms with E-state index in [1.54, 1.807) is 32.0 Å². The minimum atomic E-state index is -0.686. The van der Waals surface area contributed by atoms with E-state index < -0.39 is 12.1 Å². The van der Waals surface area contributed by atoms with Crippen molar-refractivity contribution in [1.29, 1.82) is 0 Å². The van der Waals surface area contributed by atoms with Crippen LogP contribution in [0.3, 0.4) is 0 Å². The zero-order valence-corrected chi connectivity index (χ0v) is 15.5. The van der Waals surface area contributed by atoms with Crippen molar-refractivity contribution in [2.45, 2.75) is 39.7 Å². The molecule has 1 amide bonds. The van der Waals surface area contributed by atoms with Gasteiger partial charge in [-0.05, 0) is 38.5 Å². The van der Waals surface area contributed by atoms with E-state index in [2.05, 4.69) is 12.2 Å². The van der Waals surface area contributed by atoms with E-state index >= 15 is 0 Å². The van der Waals surface area contributed by atoms with Gasteiger partial charge in [0.2, 0.25) is 0 Å². The number of hydrogen-bond donors (Lipinski definition) is 1.